The Labute approximate surface area is 99.4 Å². The van der Waals surface area contributed by atoms with E-state index in [1.807, 2.05) is 32.0 Å². The van der Waals surface area contributed by atoms with Gasteiger partial charge in [0.05, 0.1) is 11.2 Å². The van der Waals surface area contributed by atoms with Gasteiger partial charge in [0, 0.05) is 11.5 Å². The van der Waals surface area contributed by atoms with Crippen molar-refractivity contribution in [1.82, 2.24) is 4.98 Å². The van der Waals surface area contributed by atoms with Crippen molar-refractivity contribution in [3.05, 3.63) is 47.2 Å². The molecule has 0 radical (unpaired) electrons. The van der Waals surface area contributed by atoms with Crippen molar-refractivity contribution < 1.29 is 9.90 Å². The molecule has 2 aromatic rings. The summed E-state index contributed by atoms with van der Waals surface area (Å²) < 4.78 is 0. The Morgan fingerprint density at radius 2 is 2.06 bits per heavy atom. The molecule has 1 aromatic heterocycles. The Kier molecular flexibility index (Phi) is 2.91. The minimum absolute atomic E-state index is 0.668. The van der Waals surface area contributed by atoms with Gasteiger partial charge >= 0.3 is 5.97 Å². The third kappa shape index (κ3) is 2.50. The van der Waals surface area contributed by atoms with Gasteiger partial charge in [-0.15, -0.1) is 0 Å². The topological polar surface area (TPSA) is 50.2 Å². The van der Waals surface area contributed by atoms with Crippen LogP contribution in [0.3, 0.4) is 0 Å². The third-order valence-electron chi connectivity index (χ3n) is 2.59. The zero-order chi connectivity index (χ0) is 12.4. The predicted octanol–water partition coefficient (Wildman–Crippen LogP) is 2.95. The largest absolute Gasteiger partial charge is 0.478 e. The van der Waals surface area contributed by atoms with E-state index < -0.39 is 5.97 Å². The van der Waals surface area contributed by atoms with Crippen molar-refractivity contribution in [2.75, 3.05) is 0 Å². The second-order valence-corrected chi connectivity index (χ2v) is 4.06. The highest BCUT2D eigenvalue weighted by Gasteiger charge is 2.01. The number of rotatable bonds is 2. The fourth-order valence-corrected chi connectivity index (χ4v) is 1.78. The van der Waals surface area contributed by atoms with E-state index in [2.05, 4.69) is 11.1 Å². The molecule has 86 valence electrons. The van der Waals surface area contributed by atoms with E-state index in [1.165, 1.54) is 11.6 Å². The molecular weight excluding hydrogens is 214 g/mol. The Balaban J connectivity index is 2.56. The summed E-state index contributed by atoms with van der Waals surface area (Å²) in [5.41, 5.74) is 3.85. The lowest BCUT2D eigenvalue weighted by atomic mass is 10.1. The molecular formula is C14H13NO2. The molecule has 3 heteroatoms. The van der Waals surface area contributed by atoms with Crippen LogP contribution < -0.4 is 0 Å². The van der Waals surface area contributed by atoms with Gasteiger partial charge in [0.15, 0.2) is 0 Å². The SMILES string of the molecule is Cc1ccc2nc(C=CC(=O)O)cc(C)c2c1. The average Bonchev–Trinajstić information content (AvgIpc) is 2.27. The summed E-state index contributed by atoms with van der Waals surface area (Å²) in [4.78, 5) is 14.9. The molecule has 0 aliphatic heterocycles. The van der Waals surface area contributed by atoms with E-state index in [0.29, 0.717) is 5.69 Å². The van der Waals surface area contributed by atoms with E-state index in [1.54, 1.807) is 0 Å². The number of hydrogen-bond donors (Lipinski definition) is 1. The van der Waals surface area contributed by atoms with Crippen LogP contribution in [0.4, 0.5) is 0 Å². The standard InChI is InChI=1S/C14H13NO2/c1-9-3-5-13-12(7-9)10(2)8-11(15-13)4-6-14(16)17/h3-8H,1-2H3,(H,16,17). The summed E-state index contributed by atoms with van der Waals surface area (Å²) in [5, 5.41) is 9.69. The van der Waals surface area contributed by atoms with Gasteiger partial charge in [-0.3, -0.25) is 0 Å². The second-order valence-electron chi connectivity index (χ2n) is 4.06. The number of aryl methyl sites for hydroxylation is 2. The Morgan fingerprint density at radius 3 is 2.76 bits per heavy atom. The maximum atomic E-state index is 10.5. The lowest BCUT2D eigenvalue weighted by Crippen LogP contribution is -1.90. The Bertz CT molecular complexity index is 615. The van der Waals surface area contributed by atoms with Crippen molar-refractivity contribution in [3.8, 4) is 0 Å². The molecule has 3 nitrogen and oxygen atoms in total. The number of pyridine rings is 1. The summed E-state index contributed by atoms with van der Waals surface area (Å²) in [6.07, 6.45) is 2.61. The maximum absolute atomic E-state index is 10.5. The smallest absolute Gasteiger partial charge is 0.328 e. The van der Waals surface area contributed by atoms with E-state index in [-0.39, 0.29) is 0 Å². The van der Waals surface area contributed by atoms with Gasteiger partial charge in [0.2, 0.25) is 0 Å². The number of hydrogen-bond acceptors (Lipinski definition) is 2. The molecule has 0 amide bonds. The molecule has 0 aliphatic rings. The lowest BCUT2D eigenvalue weighted by Gasteiger charge is -2.04. The van der Waals surface area contributed by atoms with Crippen LogP contribution in [0.15, 0.2) is 30.3 Å². The van der Waals surface area contributed by atoms with Crippen LogP contribution in [-0.4, -0.2) is 16.1 Å². The van der Waals surface area contributed by atoms with Crippen LogP contribution in [0.1, 0.15) is 16.8 Å². The molecule has 1 aromatic carbocycles. The summed E-state index contributed by atoms with van der Waals surface area (Å²) >= 11 is 0. The predicted molar refractivity (Wildman–Crippen MR) is 67.9 cm³/mol. The van der Waals surface area contributed by atoms with Crippen molar-refractivity contribution >= 4 is 22.9 Å². The molecule has 0 unspecified atom stereocenters. The zero-order valence-electron chi connectivity index (χ0n) is 9.77. The molecule has 1 heterocycles. The number of fused-ring (bicyclic) bond motifs is 1. The molecule has 0 aliphatic carbocycles. The first kappa shape index (κ1) is 11.3. The molecule has 0 spiro atoms. The molecule has 2 rings (SSSR count). The van der Waals surface area contributed by atoms with E-state index in [0.717, 1.165) is 22.5 Å². The molecule has 0 bridgehead atoms. The average molecular weight is 227 g/mol. The van der Waals surface area contributed by atoms with Gasteiger partial charge in [0.25, 0.3) is 0 Å². The van der Waals surface area contributed by atoms with E-state index in [4.69, 9.17) is 5.11 Å². The number of carbonyl (C=O) groups is 1. The molecule has 0 atom stereocenters. The van der Waals surface area contributed by atoms with Crippen LogP contribution in [0.5, 0.6) is 0 Å². The lowest BCUT2D eigenvalue weighted by molar-refractivity contribution is -0.131. The van der Waals surface area contributed by atoms with Crippen LogP contribution in [0.2, 0.25) is 0 Å². The summed E-state index contributed by atoms with van der Waals surface area (Å²) in [5.74, 6) is -0.964. The Morgan fingerprint density at radius 1 is 1.29 bits per heavy atom. The summed E-state index contributed by atoms with van der Waals surface area (Å²) in [6.45, 7) is 4.04. The van der Waals surface area contributed by atoms with Crippen molar-refractivity contribution in [2.45, 2.75) is 13.8 Å². The Hall–Kier alpha value is -2.16. The number of aromatic nitrogens is 1. The van der Waals surface area contributed by atoms with Crippen LogP contribution in [0, 0.1) is 13.8 Å². The van der Waals surface area contributed by atoms with Crippen molar-refractivity contribution in [2.24, 2.45) is 0 Å². The van der Waals surface area contributed by atoms with Gasteiger partial charge < -0.3 is 5.11 Å². The highest BCUT2D eigenvalue weighted by atomic mass is 16.4. The van der Waals surface area contributed by atoms with Gasteiger partial charge in [-0.2, -0.15) is 0 Å². The zero-order valence-corrected chi connectivity index (χ0v) is 9.77. The van der Waals surface area contributed by atoms with Gasteiger partial charge in [0.1, 0.15) is 0 Å². The number of benzene rings is 1. The van der Waals surface area contributed by atoms with Gasteiger partial charge in [-0.1, -0.05) is 11.6 Å². The van der Waals surface area contributed by atoms with E-state index >= 15 is 0 Å². The fourth-order valence-electron chi connectivity index (χ4n) is 1.78. The van der Waals surface area contributed by atoms with Gasteiger partial charge in [-0.25, -0.2) is 9.78 Å². The molecule has 1 N–H and O–H groups in total. The van der Waals surface area contributed by atoms with Crippen LogP contribution in [-0.2, 0) is 4.79 Å². The number of carboxylic acids is 1. The first-order chi connectivity index (χ1) is 8.06. The molecule has 0 saturated heterocycles. The quantitative estimate of drug-likeness (QED) is 0.802. The normalized spacial score (nSPS) is 11.2. The number of carboxylic acid groups (broad SMARTS) is 1. The van der Waals surface area contributed by atoms with Crippen molar-refractivity contribution in [3.63, 3.8) is 0 Å². The summed E-state index contributed by atoms with van der Waals surface area (Å²) in [6, 6.07) is 7.93. The molecule has 0 saturated carbocycles. The number of aliphatic carboxylic acids is 1. The molecule has 17 heavy (non-hydrogen) atoms. The second kappa shape index (κ2) is 4.37. The highest BCUT2D eigenvalue weighted by Crippen LogP contribution is 2.19. The van der Waals surface area contributed by atoms with Crippen molar-refractivity contribution in [1.29, 1.82) is 0 Å². The molecule has 0 fully saturated rings. The van der Waals surface area contributed by atoms with Crippen LogP contribution in [0.25, 0.3) is 17.0 Å². The van der Waals surface area contributed by atoms with Gasteiger partial charge in [-0.05, 0) is 43.7 Å². The fraction of sp³-hybridized carbons (Fsp3) is 0.143. The first-order valence-corrected chi connectivity index (χ1v) is 5.35. The first-order valence-electron chi connectivity index (χ1n) is 5.35. The maximum Gasteiger partial charge on any atom is 0.328 e. The number of nitrogens with zero attached hydrogens (tertiary/aromatic N) is 1. The third-order valence-corrected chi connectivity index (χ3v) is 2.59. The highest BCUT2D eigenvalue weighted by molar-refractivity contribution is 5.87. The van der Waals surface area contributed by atoms with Crippen LogP contribution >= 0.6 is 0 Å². The minimum atomic E-state index is -0.964. The minimum Gasteiger partial charge on any atom is -0.478 e. The van der Waals surface area contributed by atoms with E-state index in [9.17, 15) is 4.79 Å². The monoisotopic (exact) mass is 227 g/mol. The summed E-state index contributed by atoms with van der Waals surface area (Å²) in [7, 11) is 0.